The maximum atomic E-state index is 12.2. The van der Waals surface area contributed by atoms with Crippen LogP contribution in [-0.2, 0) is 24.1 Å². The van der Waals surface area contributed by atoms with Crippen LogP contribution >= 0.6 is 0 Å². The van der Waals surface area contributed by atoms with Gasteiger partial charge in [-0.05, 0) is 49.4 Å². The Morgan fingerprint density at radius 2 is 1.86 bits per heavy atom. The normalized spacial score (nSPS) is 14.2. The molecule has 3 rings (SSSR count). The van der Waals surface area contributed by atoms with Gasteiger partial charge in [-0.25, -0.2) is 4.79 Å². The number of hydrogen-bond acceptors (Lipinski definition) is 6. The number of carboxylic acid groups (broad SMARTS) is 1. The van der Waals surface area contributed by atoms with Crippen LogP contribution in [0.1, 0.15) is 53.2 Å². The Morgan fingerprint density at radius 1 is 1.17 bits per heavy atom. The molecule has 1 unspecified atom stereocenters. The van der Waals surface area contributed by atoms with Crippen molar-refractivity contribution in [3.05, 3.63) is 59.2 Å². The minimum Gasteiger partial charge on any atom is -0.495 e. The number of carboxylic acids is 1. The van der Waals surface area contributed by atoms with Gasteiger partial charge in [0.1, 0.15) is 23.0 Å². The molecule has 0 saturated heterocycles. The molecule has 1 atom stereocenters. The van der Waals surface area contributed by atoms with E-state index in [4.69, 9.17) is 18.9 Å². The van der Waals surface area contributed by atoms with Gasteiger partial charge in [0.15, 0.2) is 6.10 Å². The van der Waals surface area contributed by atoms with E-state index in [0.29, 0.717) is 67.5 Å². The zero-order valence-corrected chi connectivity index (χ0v) is 21.2. The SMILES string of the molecule is C=CCc1c(OCCCOc2ccc3c(c2CCC)OC(C(=O)O)CC3)ccc(C(=O)NC)c1OC. The van der Waals surface area contributed by atoms with E-state index in [0.717, 1.165) is 29.5 Å². The van der Waals surface area contributed by atoms with Gasteiger partial charge >= 0.3 is 5.97 Å². The van der Waals surface area contributed by atoms with Crippen LogP contribution in [0.25, 0.3) is 0 Å². The second kappa shape index (κ2) is 12.9. The second-order valence-corrected chi connectivity index (χ2v) is 8.51. The molecule has 1 amide bonds. The van der Waals surface area contributed by atoms with Crippen molar-refractivity contribution in [2.45, 2.75) is 51.6 Å². The van der Waals surface area contributed by atoms with Crippen LogP contribution in [-0.4, -0.2) is 50.5 Å². The third-order valence-electron chi connectivity index (χ3n) is 6.06. The van der Waals surface area contributed by atoms with E-state index in [1.54, 1.807) is 25.3 Å². The molecule has 1 aliphatic heterocycles. The highest BCUT2D eigenvalue weighted by Gasteiger charge is 2.28. The molecule has 36 heavy (non-hydrogen) atoms. The van der Waals surface area contributed by atoms with Gasteiger partial charge in [-0.15, -0.1) is 6.58 Å². The molecule has 0 fully saturated rings. The number of rotatable bonds is 13. The number of hydrogen-bond donors (Lipinski definition) is 2. The molecular formula is C28H35NO7. The molecule has 0 aromatic heterocycles. The number of fused-ring (bicyclic) bond motifs is 1. The van der Waals surface area contributed by atoms with E-state index >= 15 is 0 Å². The molecule has 2 aromatic rings. The lowest BCUT2D eigenvalue weighted by molar-refractivity contribution is -0.145. The number of amides is 1. The van der Waals surface area contributed by atoms with E-state index in [1.165, 1.54) is 7.11 Å². The zero-order valence-electron chi connectivity index (χ0n) is 21.2. The summed E-state index contributed by atoms with van der Waals surface area (Å²) in [6.07, 6.45) is 4.79. The van der Waals surface area contributed by atoms with Gasteiger partial charge in [0.05, 0.1) is 25.9 Å². The van der Waals surface area contributed by atoms with Crippen molar-refractivity contribution in [3.63, 3.8) is 0 Å². The lowest BCUT2D eigenvalue weighted by Crippen LogP contribution is -2.31. The molecule has 0 aliphatic carbocycles. The van der Waals surface area contributed by atoms with Gasteiger partial charge in [-0.1, -0.05) is 25.5 Å². The Morgan fingerprint density at radius 3 is 2.47 bits per heavy atom. The first-order valence-electron chi connectivity index (χ1n) is 12.3. The Balaban J connectivity index is 1.66. The van der Waals surface area contributed by atoms with Gasteiger partial charge in [0.25, 0.3) is 5.91 Å². The summed E-state index contributed by atoms with van der Waals surface area (Å²) in [7, 11) is 3.10. The topological polar surface area (TPSA) is 103 Å². The van der Waals surface area contributed by atoms with Crippen molar-refractivity contribution in [3.8, 4) is 23.0 Å². The molecule has 194 valence electrons. The predicted molar refractivity (Wildman–Crippen MR) is 137 cm³/mol. The van der Waals surface area contributed by atoms with Crippen LogP contribution < -0.4 is 24.3 Å². The van der Waals surface area contributed by atoms with Crippen molar-refractivity contribution in [2.24, 2.45) is 0 Å². The second-order valence-electron chi connectivity index (χ2n) is 8.51. The van der Waals surface area contributed by atoms with E-state index in [2.05, 4.69) is 18.8 Å². The van der Waals surface area contributed by atoms with E-state index < -0.39 is 12.1 Å². The summed E-state index contributed by atoms with van der Waals surface area (Å²) in [4.78, 5) is 23.6. The number of allylic oxidation sites excluding steroid dienone is 1. The smallest absolute Gasteiger partial charge is 0.344 e. The van der Waals surface area contributed by atoms with Gasteiger partial charge in [0, 0.05) is 24.6 Å². The largest absolute Gasteiger partial charge is 0.495 e. The molecule has 0 radical (unpaired) electrons. The molecule has 8 nitrogen and oxygen atoms in total. The van der Waals surface area contributed by atoms with E-state index in [9.17, 15) is 14.7 Å². The highest BCUT2D eigenvalue weighted by Crippen LogP contribution is 2.38. The molecule has 2 aromatic carbocycles. The number of carbonyl (C=O) groups is 2. The molecule has 2 N–H and O–H groups in total. The van der Waals surface area contributed by atoms with Gasteiger partial charge in [-0.3, -0.25) is 4.79 Å². The van der Waals surface area contributed by atoms with Crippen molar-refractivity contribution >= 4 is 11.9 Å². The number of methoxy groups -OCH3 is 1. The maximum Gasteiger partial charge on any atom is 0.344 e. The molecule has 0 saturated carbocycles. The van der Waals surface area contributed by atoms with Gasteiger partial charge < -0.3 is 29.4 Å². The zero-order chi connectivity index (χ0) is 26.1. The number of aliphatic carboxylic acids is 1. The van der Waals surface area contributed by atoms with E-state index in [1.807, 2.05) is 12.1 Å². The van der Waals surface area contributed by atoms with Crippen LogP contribution in [0.2, 0.25) is 0 Å². The third kappa shape index (κ3) is 6.11. The molecular weight excluding hydrogens is 462 g/mol. The molecule has 8 heteroatoms. The summed E-state index contributed by atoms with van der Waals surface area (Å²) in [5.41, 5.74) is 3.15. The molecule has 0 bridgehead atoms. The monoisotopic (exact) mass is 497 g/mol. The third-order valence-corrected chi connectivity index (χ3v) is 6.06. The first-order chi connectivity index (χ1) is 17.4. The number of ether oxygens (including phenoxy) is 4. The fourth-order valence-electron chi connectivity index (χ4n) is 4.34. The Kier molecular flexibility index (Phi) is 9.61. The lowest BCUT2D eigenvalue weighted by atomic mass is 9.96. The minimum absolute atomic E-state index is 0.233. The van der Waals surface area contributed by atoms with Crippen LogP contribution in [0.4, 0.5) is 0 Å². The highest BCUT2D eigenvalue weighted by molar-refractivity contribution is 5.97. The lowest BCUT2D eigenvalue weighted by Gasteiger charge is -2.26. The van der Waals surface area contributed by atoms with Crippen LogP contribution in [0.3, 0.4) is 0 Å². The fraction of sp³-hybridized carbons (Fsp3) is 0.429. The first-order valence-corrected chi connectivity index (χ1v) is 12.3. The van der Waals surface area contributed by atoms with Crippen LogP contribution in [0.15, 0.2) is 36.9 Å². The quantitative estimate of drug-likeness (QED) is 0.313. The summed E-state index contributed by atoms with van der Waals surface area (Å²) < 4.78 is 23.5. The number of nitrogens with one attached hydrogen (secondary N) is 1. The van der Waals surface area contributed by atoms with Crippen molar-refractivity contribution in [1.29, 1.82) is 0 Å². The molecule has 1 heterocycles. The highest BCUT2D eigenvalue weighted by atomic mass is 16.5. The number of benzene rings is 2. The average molecular weight is 498 g/mol. The van der Waals surface area contributed by atoms with Crippen molar-refractivity contribution < 1.29 is 33.6 Å². The van der Waals surface area contributed by atoms with Crippen LogP contribution in [0.5, 0.6) is 23.0 Å². The maximum absolute atomic E-state index is 12.2. The van der Waals surface area contributed by atoms with E-state index in [-0.39, 0.29) is 5.91 Å². The summed E-state index contributed by atoms with van der Waals surface area (Å²) in [5.74, 6) is 1.30. The van der Waals surface area contributed by atoms with Crippen LogP contribution in [0, 0.1) is 0 Å². The standard InChI is InChI=1S/C28H35NO7/c1-5-8-19-22(13-10-18-11-14-24(28(31)32)36-25(18)19)34-16-7-17-35-23-15-12-21(27(30)29-3)26(33-4)20(23)9-6-2/h6,10,12-13,15,24H,2,5,7-9,11,14,16-17H2,1,3-4H3,(H,29,30)(H,31,32). The van der Waals surface area contributed by atoms with Crippen molar-refractivity contribution in [1.82, 2.24) is 5.32 Å². The Hall–Kier alpha value is -3.68. The Labute approximate surface area is 212 Å². The molecule has 0 spiro atoms. The minimum atomic E-state index is -0.942. The summed E-state index contributed by atoms with van der Waals surface area (Å²) in [6.45, 7) is 6.69. The van der Waals surface area contributed by atoms with Crippen molar-refractivity contribution in [2.75, 3.05) is 27.4 Å². The summed E-state index contributed by atoms with van der Waals surface area (Å²) >= 11 is 0. The van der Waals surface area contributed by atoms with Gasteiger partial charge in [-0.2, -0.15) is 0 Å². The Bertz CT molecular complexity index is 1100. The summed E-state index contributed by atoms with van der Waals surface area (Å²) in [6, 6.07) is 7.36. The first kappa shape index (κ1) is 26.9. The average Bonchev–Trinajstić information content (AvgIpc) is 2.89. The van der Waals surface area contributed by atoms with Gasteiger partial charge in [0.2, 0.25) is 0 Å². The number of aryl methyl sites for hydroxylation is 1. The fourth-order valence-corrected chi connectivity index (χ4v) is 4.34. The molecule has 1 aliphatic rings. The predicted octanol–water partition coefficient (Wildman–Crippen LogP) is 4.36. The number of carbonyl (C=O) groups excluding carboxylic acids is 1. The summed E-state index contributed by atoms with van der Waals surface area (Å²) in [5, 5.41) is 12.0.